The minimum atomic E-state index is -0.522. The fraction of sp³-hybridized carbons (Fsp3) is 0.333. The SMILES string of the molecule is CNC(=O)C(C)N(Cc1ccc(Br)cc1)C(=O)CSCc1cccc(C)c1. The topological polar surface area (TPSA) is 49.4 Å². The zero-order valence-electron chi connectivity index (χ0n) is 15.9. The van der Waals surface area contributed by atoms with Gasteiger partial charge in [-0.3, -0.25) is 9.59 Å². The average molecular weight is 449 g/mol. The van der Waals surface area contributed by atoms with Crippen LogP contribution in [0.1, 0.15) is 23.6 Å². The first-order valence-corrected chi connectivity index (χ1v) is 10.7. The molecule has 0 aromatic heterocycles. The monoisotopic (exact) mass is 448 g/mol. The van der Waals surface area contributed by atoms with Crippen molar-refractivity contribution in [2.24, 2.45) is 0 Å². The van der Waals surface area contributed by atoms with E-state index in [4.69, 9.17) is 0 Å². The second kappa shape index (κ2) is 10.5. The average Bonchev–Trinajstić information content (AvgIpc) is 2.66. The van der Waals surface area contributed by atoms with E-state index in [1.165, 1.54) is 11.1 Å². The predicted molar refractivity (Wildman–Crippen MR) is 116 cm³/mol. The summed E-state index contributed by atoms with van der Waals surface area (Å²) >= 11 is 4.99. The van der Waals surface area contributed by atoms with E-state index in [9.17, 15) is 9.59 Å². The van der Waals surface area contributed by atoms with Crippen LogP contribution in [0.3, 0.4) is 0 Å². The molecule has 0 heterocycles. The lowest BCUT2D eigenvalue weighted by Gasteiger charge is -2.28. The van der Waals surface area contributed by atoms with Gasteiger partial charge in [0.1, 0.15) is 6.04 Å². The van der Waals surface area contributed by atoms with Crippen LogP contribution >= 0.6 is 27.7 Å². The van der Waals surface area contributed by atoms with Crippen LogP contribution in [0.2, 0.25) is 0 Å². The lowest BCUT2D eigenvalue weighted by Crippen LogP contribution is -2.47. The molecule has 0 aliphatic rings. The quantitative estimate of drug-likeness (QED) is 0.659. The van der Waals surface area contributed by atoms with Gasteiger partial charge in [-0.05, 0) is 37.1 Å². The highest BCUT2D eigenvalue weighted by atomic mass is 79.9. The number of thioether (sulfide) groups is 1. The molecule has 0 spiro atoms. The van der Waals surface area contributed by atoms with Crippen molar-refractivity contribution in [3.8, 4) is 0 Å². The fourth-order valence-electron chi connectivity index (χ4n) is 2.72. The maximum Gasteiger partial charge on any atom is 0.242 e. The molecule has 144 valence electrons. The molecule has 0 fully saturated rings. The molecule has 0 aliphatic carbocycles. The number of amides is 2. The summed E-state index contributed by atoms with van der Waals surface area (Å²) in [6.07, 6.45) is 0. The van der Waals surface area contributed by atoms with E-state index in [0.29, 0.717) is 12.3 Å². The van der Waals surface area contributed by atoms with Crippen LogP contribution in [0.5, 0.6) is 0 Å². The minimum absolute atomic E-state index is 0.0355. The first kappa shape index (κ1) is 21.5. The summed E-state index contributed by atoms with van der Waals surface area (Å²) in [7, 11) is 1.59. The van der Waals surface area contributed by atoms with Crippen molar-refractivity contribution in [2.75, 3.05) is 12.8 Å². The third-order valence-corrected chi connectivity index (χ3v) is 5.77. The van der Waals surface area contributed by atoms with Crippen LogP contribution in [0.25, 0.3) is 0 Å². The van der Waals surface area contributed by atoms with Crippen molar-refractivity contribution in [1.29, 1.82) is 0 Å². The number of halogens is 1. The minimum Gasteiger partial charge on any atom is -0.357 e. The third-order valence-electron chi connectivity index (χ3n) is 4.26. The summed E-state index contributed by atoms with van der Waals surface area (Å²) in [6, 6.07) is 15.6. The Balaban J connectivity index is 2.03. The molecule has 2 rings (SSSR count). The van der Waals surface area contributed by atoms with E-state index in [1.54, 1.807) is 30.6 Å². The molecule has 0 radical (unpaired) electrons. The van der Waals surface area contributed by atoms with Gasteiger partial charge >= 0.3 is 0 Å². The number of hydrogen-bond acceptors (Lipinski definition) is 3. The Morgan fingerprint density at radius 2 is 1.85 bits per heavy atom. The van der Waals surface area contributed by atoms with Gasteiger partial charge in [0.25, 0.3) is 0 Å². The third kappa shape index (κ3) is 6.70. The Labute approximate surface area is 173 Å². The van der Waals surface area contributed by atoms with Gasteiger partial charge in [0, 0.05) is 23.8 Å². The zero-order chi connectivity index (χ0) is 19.8. The second-order valence-corrected chi connectivity index (χ2v) is 8.32. The molecule has 27 heavy (non-hydrogen) atoms. The van der Waals surface area contributed by atoms with Crippen LogP contribution in [-0.4, -0.2) is 35.6 Å². The van der Waals surface area contributed by atoms with Crippen LogP contribution in [-0.2, 0) is 21.9 Å². The number of carbonyl (C=O) groups excluding carboxylic acids is 2. The maximum absolute atomic E-state index is 12.8. The number of aryl methyl sites for hydroxylation is 1. The van der Waals surface area contributed by atoms with Crippen molar-refractivity contribution < 1.29 is 9.59 Å². The van der Waals surface area contributed by atoms with Gasteiger partial charge in [-0.1, -0.05) is 57.9 Å². The first-order valence-electron chi connectivity index (χ1n) is 8.79. The molecule has 0 saturated heterocycles. The van der Waals surface area contributed by atoms with Crippen molar-refractivity contribution in [2.45, 2.75) is 32.2 Å². The lowest BCUT2D eigenvalue weighted by molar-refractivity contribution is -0.138. The van der Waals surface area contributed by atoms with E-state index in [2.05, 4.69) is 46.4 Å². The number of hydrogen-bond donors (Lipinski definition) is 1. The number of rotatable bonds is 8. The molecule has 0 saturated carbocycles. The normalized spacial score (nSPS) is 11.7. The number of benzene rings is 2. The molecule has 2 aromatic rings. The van der Waals surface area contributed by atoms with E-state index in [1.807, 2.05) is 30.3 Å². The van der Waals surface area contributed by atoms with Crippen molar-refractivity contribution >= 4 is 39.5 Å². The molecule has 2 amide bonds. The molecule has 1 N–H and O–H groups in total. The first-order chi connectivity index (χ1) is 12.9. The molecular weight excluding hydrogens is 424 g/mol. The van der Waals surface area contributed by atoms with Gasteiger partial charge < -0.3 is 10.2 Å². The zero-order valence-corrected chi connectivity index (χ0v) is 18.3. The number of carbonyl (C=O) groups is 2. The molecule has 4 nitrogen and oxygen atoms in total. The Kier molecular flexibility index (Phi) is 8.38. The van der Waals surface area contributed by atoms with Crippen molar-refractivity contribution in [3.63, 3.8) is 0 Å². The van der Waals surface area contributed by atoms with Crippen LogP contribution < -0.4 is 5.32 Å². The Bertz CT molecular complexity index is 780. The van der Waals surface area contributed by atoms with Crippen LogP contribution in [0.4, 0.5) is 0 Å². The number of nitrogens with zero attached hydrogens (tertiary/aromatic N) is 1. The van der Waals surface area contributed by atoms with E-state index < -0.39 is 6.04 Å². The standard InChI is InChI=1S/C21H25BrN2O2S/c1-15-5-4-6-18(11-15)13-27-14-20(25)24(16(2)21(26)23-3)12-17-7-9-19(22)10-8-17/h4-11,16H,12-14H2,1-3H3,(H,23,26). The summed E-state index contributed by atoms with van der Waals surface area (Å²) in [5.41, 5.74) is 3.40. The van der Waals surface area contributed by atoms with Gasteiger partial charge in [-0.2, -0.15) is 0 Å². The molecular formula is C21H25BrN2O2S. The van der Waals surface area contributed by atoms with E-state index in [0.717, 1.165) is 15.8 Å². The van der Waals surface area contributed by atoms with Gasteiger partial charge in [0.2, 0.25) is 11.8 Å². The molecule has 1 atom stereocenters. The van der Waals surface area contributed by atoms with Gasteiger partial charge in [-0.25, -0.2) is 0 Å². The van der Waals surface area contributed by atoms with Crippen molar-refractivity contribution in [1.82, 2.24) is 10.2 Å². The number of likely N-dealkylation sites (N-methyl/N-ethyl adjacent to an activating group) is 1. The van der Waals surface area contributed by atoms with Crippen LogP contribution in [0, 0.1) is 6.92 Å². The van der Waals surface area contributed by atoms with Crippen LogP contribution in [0.15, 0.2) is 53.0 Å². The summed E-state index contributed by atoms with van der Waals surface area (Å²) in [4.78, 5) is 26.6. The van der Waals surface area contributed by atoms with Crippen molar-refractivity contribution in [3.05, 3.63) is 69.7 Å². The Morgan fingerprint density at radius 3 is 2.48 bits per heavy atom. The second-order valence-electron chi connectivity index (χ2n) is 6.42. The summed E-state index contributed by atoms with van der Waals surface area (Å²) in [5.74, 6) is 0.912. The largest absolute Gasteiger partial charge is 0.357 e. The van der Waals surface area contributed by atoms with E-state index >= 15 is 0 Å². The molecule has 0 bridgehead atoms. The van der Waals surface area contributed by atoms with Gasteiger partial charge in [-0.15, -0.1) is 11.8 Å². The fourth-order valence-corrected chi connectivity index (χ4v) is 3.84. The highest BCUT2D eigenvalue weighted by Crippen LogP contribution is 2.18. The Morgan fingerprint density at radius 1 is 1.15 bits per heavy atom. The molecule has 0 aliphatic heterocycles. The molecule has 1 unspecified atom stereocenters. The highest BCUT2D eigenvalue weighted by Gasteiger charge is 2.25. The van der Waals surface area contributed by atoms with Gasteiger partial charge in [0.15, 0.2) is 0 Å². The summed E-state index contributed by atoms with van der Waals surface area (Å²) in [5, 5.41) is 2.64. The van der Waals surface area contributed by atoms with Gasteiger partial charge in [0.05, 0.1) is 5.75 Å². The Hall–Kier alpha value is -1.79. The maximum atomic E-state index is 12.8. The smallest absolute Gasteiger partial charge is 0.242 e. The molecule has 2 aromatic carbocycles. The summed E-state index contributed by atoms with van der Waals surface area (Å²) in [6.45, 7) is 4.23. The number of nitrogens with one attached hydrogen (secondary N) is 1. The molecule has 6 heteroatoms. The predicted octanol–water partition coefficient (Wildman–Crippen LogP) is 4.15. The van der Waals surface area contributed by atoms with E-state index in [-0.39, 0.29) is 11.8 Å². The summed E-state index contributed by atoms with van der Waals surface area (Å²) < 4.78 is 0.984. The highest BCUT2D eigenvalue weighted by molar-refractivity contribution is 9.10. The lowest BCUT2D eigenvalue weighted by atomic mass is 10.1.